The number of hydrogen-bond acceptors (Lipinski definition) is 1. The van der Waals surface area contributed by atoms with E-state index in [9.17, 15) is 0 Å². The molecule has 2 unspecified atom stereocenters. The molecule has 0 bridgehead atoms. The number of halogens is 4. The summed E-state index contributed by atoms with van der Waals surface area (Å²) < 4.78 is 6.44. The van der Waals surface area contributed by atoms with Crippen LogP contribution in [-0.2, 0) is 4.12 Å². The van der Waals surface area contributed by atoms with Crippen molar-refractivity contribution < 1.29 is 4.12 Å². The number of hydrogen-bond donors (Lipinski definition) is 0. The van der Waals surface area contributed by atoms with Crippen LogP contribution in [0.1, 0.15) is 20.8 Å². The number of alkyl halides is 4. The topological polar surface area (TPSA) is 9.23 Å². The Morgan fingerprint density at radius 3 is 1.53 bits per heavy atom. The lowest BCUT2D eigenvalue weighted by atomic mass is 10.9. The molecule has 0 aromatic rings. The molecule has 0 saturated carbocycles. The van der Waals surface area contributed by atoms with Gasteiger partial charge in [-0.25, -0.2) is 0 Å². The average molecular weight is 356 g/mol. The van der Waals surface area contributed by atoms with Gasteiger partial charge in [-0.3, -0.25) is 0 Å². The largest absolute Gasteiger partial charge is 0.455 e. The van der Waals surface area contributed by atoms with Gasteiger partial charge in [0.25, 0.3) is 0 Å². The lowest BCUT2D eigenvalue weighted by Gasteiger charge is -2.36. The highest BCUT2D eigenvalue weighted by atomic mass is 35.5. The van der Waals surface area contributed by atoms with Crippen LogP contribution in [0.15, 0.2) is 0 Å². The molecule has 0 aliphatic carbocycles. The van der Waals surface area contributed by atoms with Crippen LogP contribution >= 0.6 is 46.4 Å². The first-order chi connectivity index (χ1) is 8.00. The maximum absolute atomic E-state index is 6.44. The van der Waals surface area contributed by atoms with Crippen molar-refractivity contribution in [1.29, 1.82) is 0 Å². The molecule has 1 nitrogen and oxygen atoms in total. The number of rotatable bonds is 9. The average Bonchev–Trinajstić information content (AvgIpc) is 2.39. The zero-order chi connectivity index (χ0) is 13.5. The second kappa shape index (κ2) is 9.46. The summed E-state index contributed by atoms with van der Waals surface area (Å²) in [5.74, 6) is 0.778. The van der Waals surface area contributed by atoms with Crippen molar-refractivity contribution in [2.45, 2.75) is 48.9 Å². The normalized spacial score (nSPS) is 17.8. The summed E-state index contributed by atoms with van der Waals surface area (Å²) in [6, 6.07) is 3.30. The summed E-state index contributed by atoms with van der Waals surface area (Å²) in [6.45, 7) is 6.58. The third-order valence-corrected chi connectivity index (χ3v) is 15.6. The standard InChI is InChI=1S/C10H22Cl4OSi2/c1-4-17(5-2,6-3)15-16(9(13)7-11)10(14)8-12/h9-10,16H,4-8H2,1-3H3. The van der Waals surface area contributed by atoms with E-state index in [1.54, 1.807) is 0 Å². The van der Waals surface area contributed by atoms with Gasteiger partial charge < -0.3 is 4.12 Å². The molecule has 0 saturated heterocycles. The fourth-order valence-electron chi connectivity index (χ4n) is 1.84. The molecule has 2 atom stereocenters. The molecule has 0 N–H and O–H groups in total. The van der Waals surface area contributed by atoms with Crippen LogP contribution in [0.2, 0.25) is 18.1 Å². The highest BCUT2D eigenvalue weighted by Crippen LogP contribution is 2.27. The Kier molecular flexibility index (Phi) is 10.3. The first-order valence-electron chi connectivity index (χ1n) is 6.08. The predicted molar refractivity (Wildman–Crippen MR) is 86.2 cm³/mol. The van der Waals surface area contributed by atoms with Gasteiger partial charge in [0.05, 0.1) is 10.0 Å². The van der Waals surface area contributed by atoms with E-state index in [-0.39, 0.29) is 10.0 Å². The van der Waals surface area contributed by atoms with E-state index in [4.69, 9.17) is 50.5 Å². The van der Waals surface area contributed by atoms with Crippen molar-refractivity contribution in [2.75, 3.05) is 11.8 Å². The lowest BCUT2D eigenvalue weighted by Crippen LogP contribution is -2.51. The molecular formula is C10H22Cl4OSi2. The van der Waals surface area contributed by atoms with Crippen molar-refractivity contribution >= 4 is 63.8 Å². The summed E-state index contributed by atoms with van der Waals surface area (Å²) >= 11 is 24.2. The molecule has 0 aromatic carbocycles. The Hall–Kier alpha value is 1.55. The SMILES string of the molecule is CC[Si](CC)(CC)O[SiH](C(Cl)CCl)C(Cl)CCl. The minimum absolute atomic E-state index is 0.144. The van der Waals surface area contributed by atoms with Crippen LogP contribution in [0.3, 0.4) is 0 Å². The maximum atomic E-state index is 6.44. The van der Waals surface area contributed by atoms with Gasteiger partial charge in [0, 0.05) is 11.8 Å². The molecule has 104 valence electrons. The molecule has 0 spiro atoms. The smallest absolute Gasteiger partial charge is 0.201 e. The molecule has 0 aliphatic heterocycles. The third-order valence-electron chi connectivity index (χ3n) is 3.33. The van der Waals surface area contributed by atoms with Crippen molar-refractivity contribution in [3.63, 3.8) is 0 Å². The molecule has 0 aliphatic rings. The van der Waals surface area contributed by atoms with Gasteiger partial charge in [0.1, 0.15) is 0 Å². The van der Waals surface area contributed by atoms with Gasteiger partial charge in [-0.05, 0) is 18.1 Å². The molecule has 0 heterocycles. The van der Waals surface area contributed by atoms with E-state index < -0.39 is 17.4 Å². The van der Waals surface area contributed by atoms with Gasteiger partial charge in [-0.1, -0.05) is 20.8 Å². The molecule has 17 heavy (non-hydrogen) atoms. The second-order valence-corrected chi connectivity index (χ2v) is 14.7. The zero-order valence-corrected chi connectivity index (χ0v) is 15.9. The fraction of sp³-hybridized carbons (Fsp3) is 1.00. The van der Waals surface area contributed by atoms with Gasteiger partial charge in [-0.2, -0.15) is 0 Å². The first-order valence-corrected chi connectivity index (χ1v) is 12.4. The molecule has 0 radical (unpaired) electrons. The third kappa shape index (κ3) is 5.59. The van der Waals surface area contributed by atoms with Crippen LogP contribution in [0.4, 0.5) is 0 Å². The quantitative estimate of drug-likeness (QED) is 0.437. The highest BCUT2D eigenvalue weighted by molar-refractivity contribution is 6.85. The lowest BCUT2D eigenvalue weighted by molar-refractivity contribution is 0.535. The Balaban J connectivity index is 4.82. The van der Waals surface area contributed by atoms with E-state index in [1.165, 1.54) is 0 Å². The van der Waals surface area contributed by atoms with Gasteiger partial charge in [-0.15, -0.1) is 46.4 Å². The molecule has 7 heteroatoms. The van der Waals surface area contributed by atoms with E-state index in [0.717, 1.165) is 18.1 Å². The van der Waals surface area contributed by atoms with Crippen molar-refractivity contribution in [3.05, 3.63) is 0 Å². The summed E-state index contributed by atoms with van der Waals surface area (Å²) in [7, 11) is -3.43. The van der Waals surface area contributed by atoms with Crippen LogP contribution < -0.4 is 0 Å². The molecule has 0 rings (SSSR count). The Bertz CT molecular complexity index is 186. The monoisotopic (exact) mass is 354 g/mol. The summed E-state index contributed by atoms with van der Waals surface area (Å²) in [4.78, 5) is 0. The van der Waals surface area contributed by atoms with Crippen LogP contribution in [0.5, 0.6) is 0 Å². The summed E-state index contributed by atoms with van der Waals surface area (Å²) in [5, 5.41) is -0.288. The van der Waals surface area contributed by atoms with E-state index in [2.05, 4.69) is 20.8 Å². The summed E-state index contributed by atoms with van der Waals surface area (Å²) in [6.07, 6.45) is 0. The Labute approximate surface area is 128 Å². The van der Waals surface area contributed by atoms with Gasteiger partial charge in [0.2, 0.25) is 9.04 Å². The van der Waals surface area contributed by atoms with Crippen LogP contribution in [0.25, 0.3) is 0 Å². The van der Waals surface area contributed by atoms with Crippen molar-refractivity contribution in [1.82, 2.24) is 0 Å². The Morgan fingerprint density at radius 2 is 1.29 bits per heavy atom. The van der Waals surface area contributed by atoms with Crippen molar-refractivity contribution in [3.8, 4) is 0 Å². The molecule has 0 aromatic heterocycles. The van der Waals surface area contributed by atoms with Gasteiger partial charge in [0.15, 0.2) is 8.32 Å². The molecular weight excluding hydrogens is 334 g/mol. The summed E-state index contributed by atoms with van der Waals surface area (Å²) in [5.41, 5.74) is 0. The zero-order valence-electron chi connectivity index (χ0n) is 10.7. The molecule has 0 amide bonds. The van der Waals surface area contributed by atoms with E-state index in [0.29, 0.717) is 11.8 Å². The van der Waals surface area contributed by atoms with E-state index >= 15 is 0 Å². The highest BCUT2D eigenvalue weighted by Gasteiger charge is 2.38. The maximum Gasteiger partial charge on any atom is 0.201 e. The van der Waals surface area contributed by atoms with Crippen LogP contribution in [-0.4, -0.2) is 39.1 Å². The fourth-order valence-corrected chi connectivity index (χ4v) is 12.9. The van der Waals surface area contributed by atoms with Crippen LogP contribution in [0, 0.1) is 0 Å². The van der Waals surface area contributed by atoms with Crippen molar-refractivity contribution in [2.24, 2.45) is 0 Å². The minimum atomic E-state index is -1.77. The second-order valence-electron chi connectivity index (χ2n) is 4.17. The Morgan fingerprint density at radius 1 is 0.941 bits per heavy atom. The van der Waals surface area contributed by atoms with Gasteiger partial charge >= 0.3 is 0 Å². The first kappa shape index (κ1) is 18.6. The predicted octanol–water partition coefficient (Wildman–Crippen LogP) is 4.50. The molecule has 0 fully saturated rings. The minimum Gasteiger partial charge on any atom is -0.455 e. The van der Waals surface area contributed by atoms with E-state index in [1.807, 2.05) is 0 Å².